The monoisotopic (exact) mass is 426 g/mol. The number of carbonyl (C=O) groups excluding carboxylic acids is 1. The summed E-state index contributed by atoms with van der Waals surface area (Å²) in [6.07, 6.45) is -12.2. The van der Waals surface area contributed by atoms with Crippen molar-refractivity contribution in [2.75, 3.05) is 0 Å². The average Bonchev–Trinajstić information content (AvgIpc) is 2.60. The van der Waals surface area contributed by atoms with E-state index in [9.17, 15) is 45.0 Å². The lowest BCUT2D eigenvalue weighted by atomic mass is 9.86. The van der Waals surface area contributed by atoms with Crippen molar-refractivity contribution in [3.05, 3.63) is 58.2 Å². The third-order valence-electron chi connectivity index (χ3n) is 4.56. The molecule has 2 aromatic carbocycles. The summed E-state index contributed by atoms with van der Waals surface area (Å²) in [6, 6.07) is 2.10. The Morgan fingerprint density at radius 2 is 1.55 bits per heavy atom. The molecule has 2 nitrogen and oxygen atoms in total. The molecular weight excluding hydrogens is 412 g/mol. The summed E-state index contributed by atoms with van der Waals surface area (Å²) in [5, 5.41) is 9.49. The van der Waals surface area contributed by atoms with Gasteiger partial charge in [-0.2, -0.15) is 26.3 Å². The molecule has 0 aromatic heterocycles. The number of hydrogen-bond donors (Lipinski definition) is 1. The summed E-state index contributed by atoms with van der Waals surface area (Å²) in [4.78, 5) is 10.9. The summed E-state index contributed by atoms with van der Waals surface area (Å²) in [5.74, 6) is -2.10. The fourth-order valence-corrected chi connectivity index (χ4v) is 3.07. The number of hydrogen-bond acceptors (Lipinski definition) is 2. The van der Waals surface area contributed by atoms with E-state index in [0.29, 0.717) is 18.2 Å². The van der Waals surface area contributed by atoms with E-state index in [2.05, 4.69) is 0 Å². The molecule has 0 saturated heterocycles. The Balaban J connectivity index is 2.77. The van der Waals surface area contributed by atoms with Crippen molar-refractivity contribution in [1.29, 1.82) is 0 Å². The Labute approximate surface area is 159 Å². The van der Waals surface area contributed by atoms with E-state index in [4.69, 9.17) is 0 Å². The Hall–Kier alpha value is -2.49. The van der Waals surface area contributed by atoms with Crippen molar-refractivity contribution < 1.29 is 45.0 Å². The van der Waals surface area contributed by atoms with Gasteiger partial charge in [0.15, 0.2) is 6.29 Å². The van der Waals surface area contributed by atoms with Crippen molar-refractivity contribution in [1.82, 2.24) is 0 Å². The van der Waals surface area contributed by atoms with Crippen molar-refractivity contribution in [3.8, 4) is 11.1 Å². The summed E-state index contributed by atoms with van der Waals surface area (Å²) in [7, 11) is 0. The van der Waals surface area contributed by atoms with Crippen LogP contribution in [0.3, 0.4) is 0 Å². The van der Waals surface area contributed by atoms with E-state index in [1.54, 1.807) is 0 Å². The molecule has 158 valence electrons. The number of aliphatic hydroxyl groups is 1. The first kappa shape index (κ1) is 22.8. The second kappa shape index (κ2) is 7.40. The Kier molecular flexibility index (Phi) is 5.82. The minimum absolute atomic E-state index is 0.0874. The smallest absolute Gasteiger partial charge is 0.369 e. The maximum absolute atomic E-state index is 14.5. The highest BCUT2D eigenvalue weighted by atomic mass is 19.4. The molecule has 1 N–H and O–H groups in total. The zero-order chi connectivity index (χ0) is 22.4. The summed E-state index contributed by atoms with van der Waals surface area (Å²) in [6.45, 7) is 2.53. The molecule has 0 fully saturated rings. The lowest BCUT2D eigenvalue weighted by Gasteiger charge is -2.33. The maximum atomic E-state index is 14.5. The molecule has 0 unspecified atom stereocenters. The maximum Gasteiger partial charge on any atom is 0.430 e. The molecule has 0 aliphatic heterocycles. The normalized spacial score (nSPS) is 12.9. The number of benzene rings is 2. The molecule has 0 heterocycles. The highest BCUT2D eigenvalue weighted by molar-refractivity contribution is 5.80. The molecule has 0 saturated carbocycles. The van der Waals surface area contributed by atoms with E-state index < -0.39 is 40.7 Å². The second-order valence-corrected chi connectivity index (χ2v) is 6.32. The standard InChI is InChI=1S/C19H14F8O2/c1-3-12-15(14(20)7-10(8-28)16(12)21)13-5-4-11(6-9(13)2)17(29,18(22,23)24)19(25,26)27/h4-8,29H,3H2,1-2H3. The quantitative estimate of drug-likeness (QED) is 0.509. The number of aldehydes is 1. The highest BCUT2D eigenvalue weighted by Crippen LogP contribution is 2.50. The van der Waals surface area contributed by atoms with Gasteiger partial charge in [0.1, 0.15) is 11.6 Å². The van der Waals surface area contributed by atoms with Gasteiger partial charge < -0.3 is 5.11 Å². The molecule has 2 rings (SSSR count). The molecule has 29 heavy (non-hydrogen) atoms. The summed E-state index contributed by atoms with van der Waals surface area (Å²) < 4.78 is 107. The van der Waals surface area contributed by atoms with Gasteiger partial charge in [0.05, 0.1) is 5.56 Å². The fraction of sp³-hybridized carbons (Fsp3) is 0.316. The Bertz CT molecular complexity index is 931. The van der Waals surface area contributed by atoms with Crippen LogP contribution in [0.1, 0.15) is 34.0 Å². The van der Waals surface area contributed by atoms with Gasteiger partial charge in [0, 0.05) is 11.1 Å². The molecule has 10 heteroatoms. The van der Waals surface area contributed by atoms with Crippen LogP contribution in [0.5, 0.6) is 0 Å². The van der Waals surface area contributed by atoms with E-state index in [1.807, 2.05) is 0 Å². The van der Waals surface area contributed by atoms with Gasteiger partial charge in [-0.05, 0) is 36.1 Å². The van der Waals surface area contributed by atoms with Gasteiger partial charge in [-0.3, -0.25) is 4.79 Å². The zero-order valence-electron chi connectivity index (χ0n) is 15.0. The number of halogens is 8. The minimum Gasteiger partial charge on any atom is -0.369 e. The summed E-state index contributed by atoms with van der Waals surface area (Å²) >= 11 is 0. The zero-order valence-corrected chi connectivity index (χ0v) is 15.0. The van der Waals surface area contributed by atoms with Crippen molar-refractivity contribution >= 4 is 6.29 Å². The molecule has 0 aliphatic rings. The van der Waals surface area contributed by atoms with Crippen LogP contribution in [-0.2, 0) is 12.0 Å². The van der Waals surface area contributed by atoms with E-state index in [1.165, 1.54) is 6.92 Å². The lowest BCUT2D eigenvalue weighted by Crippen LogP contribution is -2.53. The van der Waals surface area contributed by atoms with Crippen molar-refractivity contribution in [2.24, 2.45) is 0 Å². The van der Waals surface area contributed by atoms with Crippen LogP contribution in [0.15, 0.2) is 24.3 Å². The van der Waals surface area contributed by atoms with Crippen LogP contribution in [0, 0.1) is 18.6 Å². The van der Waals surface area contributed by atoms with Crippen LogP contribution < -0.4 is 0 Å². The van der Waals surface area contributed by atoms with E-state index >= 15 is 0 Å². The molecular formula is C19H14F8O2. The molecule has 0 aliphatic carbocycles. The van der Waals surface area contributed by atoms with Crippen LogP contribution >= 0.6 is 0 Å². The van der Waals surface area contributed by atoms with Crippen LogP contribution in [-0.4, -0.2) is 23.7 Å². The van der Waals surface area contributed by atoms with Gasteiger partial charge >= 0.3 is 12.4 Å². The number of aryl methyl sites for hydroxylation is 1. The van der Waals surface area contributed by atoms with Crippen LogP contribution in [0.2, 0.25) is 0 Å². The Morgan fingerprint density at radius 3 is 1.97 bits per heavy atom. The minimum atomic E-state index is -6.07. The number of rotatable bonds is 4. The van der Waals surface area contributed by atoms with Crippen molar-refractivity contribution in [3.63, 3.8) is 0 Å². The first-order chi connectivity index (χ1) is 13.2. The number of carbonyl (C=O) groups is 1. The summed E-state index contributed by atoms with van der Waals surface area (Å²) in [5.41, 5.74) is -8.30. The van der Waals surface area contributed by atoms with Crippen molar-refractivity contribution in [2.45, 2.75) is 38.2 Å². The molecule has 0 radical (unpaired) electrons. The Morgan fingerprint density at radius 1 is 1.00 bits per heavy atom. The van der Waals surface area contributed by atoms with Gasteiger partial charge in [-0.25, -0.2) is 8.78 Å². The van der Waals surface area contributed by atoms with Gasteiger partial charge in [-0.15, -0.1) is 0 Å². The highest BCUT2D eigenvalue weighted by Gasteiger charge is 2.71. The van der Waals surface area contributed by atoms with Gasteiger partial charge in [0.25, 0.3) is 5.60 Å². The largest absolute Gasteiger partial charge is 0.430 e. The SMILES string of the molecule is CCc1c(F)c(C=O)cc(F)c1-c1ccc(C(O)(C(F)(F)F)C(F)(F)F)cc1C. The topological polar surface area (TPSA) is 37.3 Å². The van der Waals surface area contributed by atoms with E-state index in [0.717, 1.165) is 13.0 Å². The first-order valence-corrected chi connectivity index (χ1v) is 8.14. The first-order valence-electron chi connectivity index (χ1n) is 8.14. The van der Waals surface area contributed by atoms with E-state index in [-0.39, 0.29) is 35.0 Å². The second-order valence-electron chi connectivity index (χ2n) is 6.32. The molecule has 0 atom stereocenters. The third kappa shape index (κ3) is 3.61. The van der Waals surface area contributed by atoms with Gasteiger partial charge in [0.2, 0.25) is 0 Å². The fourth-order valence-electron chi connectivity index (χ4n) is 3.07. The van der Waals surface area contributed by atoms with Gasteiger partial charge in [-0.1, -0.05) is 25.1 Å². The molecule has 0 bridgehead atoms. The number of alkyl halides is 6. The predicted octanol–water partition coefficient (Wildman–Crippen LogP) is 5.63. The predicted molar refractivity (Wildman–Crippen MR) is 87.3 cm³/mol. The lowest BCUT2D eigenvalue weighted by molar-refractivity contribution is -0.376. The third-order valence-corrected chi connectivity index (χ3v) is 4.56. The molecule has 0 spiro atoms. The van der Waals surface area contributed by atoms with Crippen LogP contribution in [0.25, 0.3) is 11.1 Å². The molecule has 0 amide bonds. The average molecular weight is 426 g/mol. The van der Waals surface area contributed by atoms with Crippen LogP contribution in [0.4, 0.5) is 35.1 Å². The molecule has 2 aromatic rings.